The smallest absolute Gasteiger partial charge is 0.220 e. The lowest BCUT2D eigenvalue weighted by atomic mass is 10.1. The van der Waals surface area contributed by atoms with Crippen LogP contribution in [0.5, 0.6) is 0 Å². The maximum Gasteiger partial charge on any atom is 0.220 e. The molecule has 0 aliphatic rings. The van der Waals surface area contributed by atoms with Crippen LogP contribution in [-0.4, -0.2) is 20.7 Å². The van der Waals surface area contributed by atoms with Crippen molar-refractivity contribution in [2.75, 3.05) is 0 Å². The number of aromatic nitrogens is 3. The Bertz CT molecular complexity index is 923. The van der Waals surface area contributed by atoms with E-state index in [0.717, 1.165) is 22.4 Å². The first kappa shape index (κ1) is 18.4. The Morgan fingerprint density at radius 3 is 2.81 bits per heavy atom. The fourth-order valence-electron chi connectivity index (χ4n) is 2.62. The number of benzene rings is 1. The van der Waals surface area contributed by atoms with E-state index in [0.29, 0.717) is 29.4 Å². The van der Waals surface area contributed by atoms with Crippen LogP contribution in [0.2, 0.25) is 10.0 Å². The molecule has 1 aromatic carbocycles. The molecule has 3 aromatic rings. The standard InChI is InChI=1S/C19H18Cl2N4O/c1-25-12-15(11-24-25)19-14(3-2-8-22-19)10-23-18(26)7-5-13-4-6-16(20)17(21)9-13/h2-4,6,8-9,11-12H,5,7,10H2,1H3,(H,23,26). The van der Waals surface area contributed by atoms with Crippen LogP contribution in [0.1, 0.15) is 17.5 Å². The molecule has 134 valence electrons. The second-order valence-electron chi connectivity index (χ2n) is 5.94. The van der Waals surface area contributed by atoms with Gasteiger partial charge in [0, 0.05) is 38.0 Å². The Balaban J connectivity index is 1.59. The van der Waals surface area contributed by atoms with E-state index >= 15 is 0 Å². The minimum atomic E-state index is -0.0305. The number of amides is 1. The molecule has 2 heterocycles. The van der Waals surface area contributed by atoms with Gasteiger partial charge in [-0.2, -0.15) is 5.10 Å². The minimum Gasteiger partial charge on any atom is -0.352 e. The second-order valence-corrected chi connectivity index (χ2v) is 6.75. The van der Waals surface area contributed by atoms with E-state index in [1.54, 1.807) is 29.2 Å². The highest BCUT2D eigenvalue weighted by atomic mass is 35.5. The van der Waals surface area contributed by atoms with E-state index in [1.165, 1.54) is 0 Å². The first-order valence-electron chi connectivity index (χ1n) is 8.16. The van der Waals surface area contributed by atoms with Crippen LogP contribution in [-0.2, 0) is 24.8 Å². The van der Waals surface area contributed by atoms with Gasteiger partial charge >= 0.3 is 0 Å². The number of nitrogens with one attached hydrogen (secondary N) is 1. The zero-order chi connectivity index (χ0) is 18.5. The summed E-state index contributed by atoms with van der Waals surface area (Å²) in [5.74, 6) is -0.0305. The molecule has 5 nitrogen and oxygen atoms in total. The lowest BCUT2D eigenvalue weighted by Crippen LogP contribution is -2.23. The number of aryl methyl sites for hydroxylation is 2. The fraction of sp³-hybridized carbons (Fsp3) is 0.211. The molecule has 0 aliphatic heterocycles. The number of carbonyl (C=O) groups excluding carboxylic acids is 1. The van der Waals surface area contributed by atoms with Crippen LogP contribution in [0.15, 0.2) is 48.9 Å². The van der Waals surface area contributed by atoms with Crippen LogP contribution < -0.4 is 5.32 Å². The van der Waals surface area contributed by atoms with E-state index in [9.17, 15) is 4.79 Å². The van der Waals surface area contributed by atoms with Crippen molar-refractivity contribution in [2.24, 2.45) is 7.05 Å². The van der Waals surface area contributed by atoms with Crippen LogP contribution >= 0.6 is 23.2 Å². The monoisotopic (exact) mass is 388 g/mol. The zero-order valence-electron chi connectivity index (χ0n) is 14.2. The molecule has 0 aliphatic carbocycles. The van der Waals surface area contributed by atoms with Gasteiger partial charge in [-0.25, -0.2) is 0 Å². The number of hydrogen-bond donors (Lipinski definition) is 1. The third kappa shape index (κ3) is 4.62. The molecule has 0 saturated heterocycles. The summed E-state index contributed by atoms with van der Waals surface area (Å²) in [5.41, 5.74) is 3.67. The number of pyridine rings is 1. The number of carbonyl (C=O) groups is 1. The molecule has 0 radical (unpaired) electrons. The van der Waals surface area contributed by atoms with E-state index in [4.69, 9.17) is 23.2 Å². The SMILES string of the molecule is Cn1cc(-c2ncccc2CNC(=O)CCc2ccc(Cl)c(Cl)c2)cn1. The third-order valence-electron chi connectivity index (χ3n) is 3.97. The lowest BCUT2D eigenvalue weighted by Gasteiger charge is -2.09. The Morgan fingerprint density at radius 1 is 1.23 bits per heavy atom. The van der Waals surface area contributed by atoms with Crippen molar-refractivity contribution in [2.45, 2.75) is 19.4 Å². The van der Waals surface area contributed by atoms with E-state index in [2.05, 4.69) is 15.4 Å². The molecule has 0 fully saturated rings. The summed E-state index contributed by atoms with van der Waals surface area (Å²) in [7, 11) is 1.86. The Kier molecular flexibility index (Phi) is 5.91. The van der Waals surface area contributed by atoms with Gasteiger partial charge in [0.2, 0.25) is 5.91 Å². The van der Waals surface area contributed by atoms with E-state index < -0.39 is 0 Å². The summed E-state index contributed by atoms with van der Waals surface area (Å²) < 4.78 is 1.73. The molecule has 1 amide bonds. The Hall–Kier alpha value is -2.37. The molecule has 2 aromatic heterocycles. The van der Waals surface area contributed by atoms with Crippen molar-refractivity contribution >= 4 is 29.1 Å². The predicted molar refractivity (Wildman–Crippen MR) is 103 cm³/mol. The predicted octanol–water partition coefficient (Wildman–Crippen LogP) is 4.04. The molecule has 0 atom stereocenters. The summed E-state index contributed by atoms with van der Waals surface area (Å²) in [6.45, 7) is 0.415. The van der Waals surface area contributed by atoms with Gasteiger partial charge in [-0.15, -0.1) is 0 Å². The van der Waals surface area contributed by atoms with Crippen LogP contribution in [0.3, 0.4) is 0 Å². The molecular weight excluding hydrogens is 371 g/mol. The van der Waals surface area contributed by atoms with Gasteiger partial charge in [-0.1, -0.05) is 35.3 Å². The fourth-order valence-corrected chi connectivity index (χ4v) is 2.94. The highest BCUT2D eigenvalue weighted by Crippen LogP contribution is 2.23. The number of rotatable bonds is 6. The number of halogens is 2. The quantitative estimate of drug-likeness (QED) is 0.692. The molecule has 0 unspecified atom stereocenters. The summed E-state index contributed by atoms with van der Waals surface area (Å²) in [5, 5.41) is 8.14. The van der Waals surface area contributed by atoms with Gasteiger partial charge in [0.05, 0.1) is 21.9 Å². The third-order valence-corrected chi connectivity index (χ3v) is 4.71. The number of nitrogens with zero attached hydrogens (tertiary/aromatic N) is 3. The van der Waals surface area contributed by atoms with Crippen molar-refractivity contribution < 1.29 is 4.79 Å². The van der Waals surface area contributed by atoms with Crippen LogP contribution in [0.25, 0.3) is 11.3 Å². The zero-order valence-corrected chi connectivity index (χ0v) is 15.8. The van der Waals surface area contributed by atoms with Crippen molar-refractivity contribution in [3.8, 4) is 11.3 Å². The largest absolute Gasteiger partial charge is 0.352 e. The molecule has 7 heteroatoms. The van der Waals surface area contributed by atoms with Crippen molar-refractivity contribution in [1.82, 2.24) is 20.1 Å². The summed E-state index contributed by atoms with van der Waals surface area (Å²) in [6, 6.07) is 9.22. The van der Waals surface area contributed by atoms with Gasteiger partial charge in [0.25, 0.3) is 0 Å². The molecule has 26 heavy (non-hydrogen) atoms. The van der Waals surface area contributed by atoms with Crippen molar-refractivity contribution in [3.63, 3.8) is 0 Å². The maximum atomic E-state index is 12.2. The number of hydrogen-bond acceptors (Lipinski definition) is 3. The summed E-state index contributed by atoms with van der Waals surface area (Å²) in [4.78, 5) is 16.6. The van der Waals surface area contributed by atoms with Gasteiger partial charge in [0.1, 0.15) is 0 Å². The molecular formula is C19H18Cl2N4O. The van der Waals surface area contributed by atoms with Crippen LogP contribution in [0, 0.1) is 0 Å². The first-order chi connectivity index (χ1) is 12.5. The highest BCUT2D eigenvalue weighted by Gasteiger charge is 2.10. The van der Waals surface area contributed by atoms with Gasteiger partial charge in [-0.05, 0) is 35.7 Å². The molecule has 3 rings (SSSR count). The van der Waals surface area contributed by atoms with Gasteiger partial charge in [0.15, 0.2) is 0 Å². The molecule has 0 spiro atoms. The average molecular weight is 389 g/mol. The topological polar surface area (TPSA) is 59.8 Å². The summed E-state index contributed by atoms with van der Waals surface area (Å²) in [6.07, 6.45) is 6.37. The van der Waals surface area contributed by atoms with E-state index in [1.807, 2.05) is 31.4 Å². The normalized spacial score (nSPS) is 10.7. The maximum absolute atomic E-state index is 12.2. The minimum absolute atomic E-state index is 0.0305. The Morgan fingerprint density at radius 2 is 2.08 bits per heavy atom. The van der Waals surface area contributed by atoms with E-state index in [-0.39, 0.29) is 5.91 Å². The van der Waals surface area contributed by atoms with Crippen molar-refractivity contribution in [3.05, 3.63) is 70.1 Å². The molecule has 1 N–H and O–H groups in total. The molecule has 0 bridgehead atoms. The molecule has 0 saturated carbocycles. The Labute approximate surface area is 162 Å². The first-order valence-corrected chi connectivity index (χ1v) is 8.92. The second kappa shape index (κ2) is 8.34. The lowest BCUT2D eigenvalue weighted by molar-refractivity contribution is -0.121. The van der Waals surface area contributed by atoms with Gasteiger partial charge in [-0.3, -0.25) is 14.5 Å². The van der Waals surface area contributed by atoms with Crippen molar-refractivity contribution in [1.29, 1.82) is 0 Å². The highest BCUT2D eigenvalue weighted by molar-refractivity contribution is 6.42. The van der Waals surface area contributed by atoms with Crippen LogP contribution in [0.4, 0.5) is 0 Å². The summed E-state index contributed by atoms with van der Waals surface area (Å²) >= 11 is 11.9. The average Bonchev–Trinajstić information content (AvgIpc) is 3.07. The van der Waals surface area contributed by atoms with Gasteiger partial charge < -0.3 is 5.32 Å².